The van der Waals surface area contributed by atoms with Crippen molar-refractivity contribution in [2.75, 3.05) is 11.1 Å². The van der Waals surface area contributed by atoms with E-state index in [0.29, 0.717) is 4.32 Å². The lowest BCUT2D eigenvalue weighted by atomic mass is 10.2. The quantitative estimate of drug-likeness (QED) is 0.790. The predicted molar refractivity (Wildman–Crippen MR) is 69.5 cm³/mol. The van der Waals surface area contributed by atoms with E-state index in [4.69, 9.17) is 17.3 Å². The van der Waals surface area contributed by atoms with Crippen LogP contribution in [-0.2, 0) is 0 Å². The molecule has 0 saturated carbocycles. The predicted octanol–water partition coefficient (Wildman–Crippen LogP) is 2.23. The van der Waals surface area contributed by atoms with Crippen molar-refractivity contribution < 1.29 is 9.90 Å². The highest BCUT2D eigenvalue weighted by molar-refractivity contribution is 8.23. The van der Waals surface area contributed by atoms with Crippen molar-refractivity contribution in [3.05, 3.63) is 29.8 Å². The molecule has 1 aromatic rings. The van der Waals surface area contributed by atoms with Crippen LogP contribution in [-0.4, -0.2) is 27.0 Å². The Morgan fingerprint density at radius 1 is 1.44 bits per heavy atom. The number of anilines is 1. The number of nitrogens with zero attached hydrogens (tertiary/aromatic N) is 1. The molecule has 0 saturated heterocycles. The third-order valence-corrected chi connectivity index (χ3v) is 3.18. The molecule has 0 atom stereocenters. The van der Waals surface area contributed by atoms with Crippen LogP contribution < -0.4 is 5.32 Å². The van der Waals surface area contributed by atoms with Crippen LogP contribution in [0.2, 0.25) is 0 Å². The summed E-state index contributed by atoms with van der Waals surface area (Å²) in [6.07, 6.45) is 0. The average Bonchev–Trinajstić information content (AvgIpc) is 2.65. The van der Waals surface area contributed by atoms with Crippen LogP contribution in [0.4, 0.5) is 5.69 Å². The van der Waals surface area contributed by atoms with Crippen LogP contribution in [0.3, 0.4) is 0 Å². The molecule has 0 fully saturated rings. The standard InChI is InChI=1S/C10H8N2O2S2/c13-9(14)6-1-3-7(4-2-6)11-8-5-16-10(15)12-8/h1-4H,5H2,(H,13,14)(H,11,12,15). The van der Waals surface area contributed by atoms with Gasteiger partial charge in [0.15, 0.2) is 4.32 Å². The first kappa shape index (κ1) is 11.1. The highest BCUT2D eigenvalue weighted by atomic mass is 32.2. The normalized spacial score (nSPS) is 14.8. The summed E-state index contributed by atoms with van der Waals surface area (Å²) in [5, 5.41) is 11.8. The maximum atomic E-state index is 10.6. The number of nitrogens with one attached hydrogen (secondary N) is 1. The van der Waals surface area contributed by atoms with Crippen molar-refractivity contribution in [2.45, 2.75) is 0 Å². The Balaban J connectivity index is 2.08. The fraction of sp³-hybridized carbons (Fsp3) is 0.100. The lowest BCUT2D eigenvalue weighted by Gasteiger charge is -2.04. The molecular formula is C10H8N2O2S2. The fourth-order valence-corrected chi connectivity index (χ4v) is 2.09. The summed E-state index contributed by atoms with van der Waals surface area (Å²) >= 11 is 6.43. The van der Waals surface area contributed by atoms with Crippen LogP contribution in [0.5, 0.6) is 0 Å². The highest BCUT2D eigenvalue weighted by Gasteiger charge is 2.11. The number of rotatable bonds is 2. The van der Waals surface area contributed by atoms with E-state index in [9.17, 15) is 4.79 Å². The van der Waals surface area contributed by atoms with Crippen LogP contribution >= 0.6 is 24.0 Å². The minimum atomic E-state index is -0.929. The molecule has 2 N–H and O–H groups in total. The lowest BCUT2D eigenvalue weighted by Crippen LogP contribution is -2.11. The molecule has 0 unspecified atom stereocenters. The van der Waals surface area contributed by atoms with Crippen molar-refractivity contribution in [2.24, 2.45) is 4.99 Å². The number of thioether (sulfide) groups is 1. The lowest BCUT2D eigenvalue weighted by molar-refractivity contribution is 0.0697. The van der Waals surface area contributed by atoms with Gasteiger partial charge in [-0.2, -0.15) is 0 Å². The van der Waals surface area contributed by atoms with Crippen molar-refractivity contribution in [1.82, 2.24) is 0 Å². The molecule has 0 bridgehead atoms. The number of hydrogen-bond donors (Lipinski definition) is 2. The Labute approximate surface area is 102 Å². The summed E-state index contributed by atoms with van der Waals surface area (Å²) in [4.78, 5) is 14.8. The van der Waals surface area contributed by atoms with E-state index in [0.717, 1.165) is 17.3 Å². The molecule has 0 amide bonds. The number of benzene rings is 1. The van der Waals surface area contributed by atoms with Gasteiger partial charge in [-0.3, -0.25) is 0 Å². The monoisotopic (exact) mass is 252 g/mol. The van der Waals surface area contributed by atoms with Gasteiger partial charge in [-0.15, -0.1) is 0 Å². The largest absolute Gasteiger partial charge is 0.478 e. The molecule has 0 aromatic heterocycles. The van der Waals surface area contributed by atoms with E-state index >= 15 is 0 Å². The number of amidine groups is 1. The summed E-state index contributed by atoms with van der Waals surface area (Å²) in [7, 11) is 0. The second-order valence-corrected chi connectivity index (χ2v) is 4.73. The summed E-state index contributed by atoms with van der Waals surface area (Å²) in [6.45, 7) is 0. The van der Waals surface area contributed by atoms with Crippen molar-refractivity contribution >= 4 is 45.8 Å². The zero-order valence-electron chi connectivity index (χ0n) is 8.14. The molecule has 0 aliphatic carbocycles. The summed E-state index contributed by atoms with van der Waals surface area (Å²) in [5.74, 6) is 0.610. The van der Waals surface area contributed by atoms with E-state index < -0.39 is 5.97 Å². The third-order valence-electron chi connectivity index (χ3n) is 1.98. The topological polar surface area (TPSA) is 61.7 Å². The number of carbonyl (C=O) groups is 1. The molecule has 1 aromatic carbocycles. The molecule has 82 valence electrons. The van der Waals surface area contributed by atoms with E-state index in [1.165, 1.54) is 11.8 Å². The Hall–Kier alpha value is -1.40. The maximum absolute atomic E-state index is 10.6. The van der Waals surface area contributed by atoms with E-state index in [1.54, 1.807) is 24.3 Å². The van der Waals surface area contributed by atoms with Gasteiger partial charge in [0.25, 0.3) is 0 Å². The minimum Gasteiger partial charge on any atom is -0.478 e. The summed E-state index contributed by atoms with van der Waals surface area (Å²) in [6, 6.07) is 6.51. The Morgan fingerprint density at radius 3 is 2.62 bits per heavy atom. The summed E-state index contributed by atoms with van der Waals surface area (Å²) in [5.41, 5.74) is 1.08. The van der Waals surface area contributed by atoms with Crippen LogP contribution in [0.1, 0.15) is 10.4 Å². The first-order valence-electron chi connectivity index (χ1n) is 4.50. The van der Waals surface area contributed by atoms with Crippen molar-refractivity contribution in [3.63, 3.8) is 0 Å². The first-order valence-corrected chi connectivity index (χ1v) is 5.89. The SMILES string of the molecule is O=C(O)c1ccc(NC2=NC(=S)SC2)cc1. The second-order valence-electron chi connectivity index (χ2n) is 3.12. The zero-order chi connectivity index (χ0) is 11.5. The van der Waals surface area contributed by atoms with E-state index in [-0.39, 0.29) is 5.56 Å². The van der Waals surface area contributed by atoms with Gasteiger partial charge in [0, 0.05) is 5.69 Å². The van der Waals surface area contributed by atoms with E-state index in [1.807, 2.05) is 0 Å². The molecule has 1 aliphatic rings. The number of carboxylic acids is 1. The van der Waals surface area contributed by atoms with Crippen LogP contribution in [0, 0.1) is 0 Å². The van der Waals surface area contributed by atoms with Gasteiger partial charge >= 0.3 is 5.97 Å². The van der Waals surface area contributed by atoms with Gasteiger partial charge in [-0.05, 0) is 24.3 Å². The smallest absolute Gasteiger partial charge is 0.335 e. The second kappa shape index (κ2) is 4.63. The zero-order valence-corrected chi connectivity index (χ0v) is 9.77. The Kier molecular flexibility index (Phi) is 3.21. The Morgan fingerprint density at radius 2 is 2.12 bits per heavy atom. The molecule has 16 heavy (non-hydrogen) atoms. The molecule has 0 radical (unpaired) electrons. The molecule has 0 spiro atoms. The van der Waals surface area contributed by atoms with Gasteiger partial charge in [0.2, 0.25) is 0 Å². The third kappa shape index (κ3) is 2.59. The van der Waals surface area contributed by atoms with Crippen LogP contribution in [0.15, 0.2) is 29.3 Å². The van der Waals surface area contributed by atoms with Crippen LogP contribution in [0.25, 0.3) is 0 Å². The number of carboxylic acid groups (broad SMARTS) is 1. The molecular weight excluding hydrogens is 244 g/mol. The van der Waals surface area contributed by atoms with Gasteiger partial charge < -0.3 is 10.4 Å². The van der Waals surface area contributed by atoms with Crippen molar-refractivity contribution in [1.29, 1.82) is 0 Å². The number of thiocarbonyl (C=S) groups is 1. The molecule has 1 heterocycles. The fourth-order valence-electron chi connectivity index (χ4n) is 1.23. The summed E-state index contributed by atoms with van der Waals surface area (Å²) < 4.78 is 0.629. The van der Waals surface area contributed by atoms with Gasteiger partial charge in [-0.1, -0.05) is 24.0 Å². The van der Waals surface area contributed by atoms with Gasteiger partial charge in [0.1, 0.15) is 5.84 Å². The first-order chi connectivity index (χ1) is 7.65. The van der Waals surface area contributed by atoms with Crippen molar-refractivity contribution in [3.8, 4) is 0 Å². The molecule has 1 aliphatic heterocycles. The molecule has 2 rings (SSSR count). The highest BCUT2D eigenvalue weighted by Crippen LogP contribution is 2.17. The maximum Gasteiger partial charge on any atom is 0.335 e. The molecule has 4 nitrogen and oxygen atoms in total. The number of aromatic carboxylic acids is 1. The number of hydrogen-bond acceptors (Lipinski definition) is 4. The van der Waals surface area contributed by atoms with E-state index in [2.05, 4.69) is 10.3 Å². The van der Waals surface area contributed by atoms with Gasteiger partial charge in [0.05, 0.1) is 11.3 Å². The molecule has 6 heteroatoms. The van der Waals surface area contributed by atoms with Gasteiger partial charge in [-0.25, -0.2) is 9.79 Å². The average molecular weight is 252 g/mol. The minimum absolute atomic E-state index is 0.267. The number of aliphatic imine (C=N–C) groups is 1. The Bertz CT molecular complexity index is 468.